The molecule has 0 unspecified atom stereocenters. The van der Waals surface area contributed by atoms with Crippen molar-refractivity contribution in [1.82, 2.24) is 0 Å². The van der Waals surface area contributed by atoms with Gasteiger partial charge < -0.3 is 9.84 Å². The summed E-state index contributed by atoms with van der Waals surface area (Å²) in [5, 5.41) is 8.54. The first kappa shape index (κ1) is 18.1. The van der Waals surface area contributed by atoms with Crippen LogP contribution in [0.2, 0.25) is 0 Å². The summed E-state index contributed by atoms with van der Waals surface area (Å²) in [4.78, 5) is 0. The lowest BCUT2D eigenvalue weighted by Crippen LogP contribution is -2.16. The van der Waals surface area contributed by atoms with E-state index in [-0.39, 0.29) is 24.0 Å². The van der Waals surface area contributed by atoms with Crippen molar-refractivity contribution in [3.63, 3.8) is 0 Å². The molecule has 0 saturated heterocycles. The van der Waals surface area contributed by atoms with E-state index in [2.05, 4.69) is 83.4 Å². The van der Waals surface area contributed by atoms with Gasteiger partial charge in [-0.1, -0.05) is 53.5 Å². The highest BCUT2D eigenvalue weighted by molar-refractivity contribution is 5.40. The van der Waals surface area contributed by atoms with Crippen molar-refractivity contribution in [3.8, 4) is 29.4 Å². The summed E-state index contributed by atoms with van der Waals surface area (Å²) in [7, 11) is 0. The lowest BCUT2D eigenvalue weighted by Gasteiger charge is -2.26. The molecule has 0 aliphatic carbocycles. The Balaban J connectivity index is 3.01. The molecule has 2 nitrogen and oxygen atoms in total. The first-order chi connectivity index (χ1) is 10.1. The standard InChI is InChI=1S/C20H26O2/c1-19(2,3)16-13-17(20(4,5)6)15-18(14-16)22-12-10-8-7-9-11-21/h13-15,21H,11-12H2,1-6H3. The van der Waals surface area contributed by atoms with Gasteiger partial charge in [0, 0.05) is 0 Å². The van der Waals surface area contributed by atoms with Crippen molar-refractivity contribution < 1.29 is 9.84 Å². The average molecular weight is 298 g/mol. The highest BCUT2D eigenvalue weighted by atomic mass is 16.5. The van der Waals surface area contributed by atoms with Gasteiger partial charge in [0.2, 0.25) is 0 Å². The van der Waals surface area contributed by atoms with Gasteiger partial charge in [0.25, 0.3) is 0 Å². The van der Waals surface area contributed by atoms with E-state index in [9.17, 15) is 0 Å². The topological polar surface area (TPSA) is 29.5 Å². The fourth-order valence-electron chi connectivity index (χ4n) is 1.83. The molecular weight excluding hydrogens is 272 g/mol. The molecule has 0 heterocycles. The molecule has 1 aromatic carbocycles. The van der Waals surface area contributed by atoms with Gasteiger partial charge in [-0.3, -0.25) is 0 Å². The zero-order valence-electron chi connectivity index (χ0n) is 14.5. The van der Waals surface area contributed by atoms with Gasteiger partial charge in [0.1, 0.15) is 19.0 Å². The summed E-state index contributed by atoms with van der Waals surface area (Å²) in [6, 6.07) is 6.41. The maximum absolute atomic E-state index is 8.54. The predicted molar refractivity (Wildman–Crippen MR) is 92.0 cm³/mol. The van der Waals surface area contributed by atoms with Crippen molar-refractivity contribution in [2.45, 2.75) is 52.4 Å². The number of benzene rings is 1. The lowest BCUT2D eigenvalue weighted by molar-refractivity contribution is 0.350. The van der Waals surface area contributed by atoms with Crippen LogP contribution in [0.25, 0.3) is 0 Å². The molecule has 0 aliphatic rings. The SMILES string of the molecule is CC(C)(C)c1cc(OCC#CC#CCO)cc(C(C)(C)C)c1. The van der Waals surface area contributed by atoms with Crippen LogP contribution < -0.4 is 4.74 Å². The minimum Gasteiger partial charge on any atom is -0.481 e. The Hall–Kier alpha value is -1.90. The maximum Gasteiger partial charge on any atom is 0.150 e. The quantitative estimate of drug-likeness (QED) is 0.844. The van der Waals surface area contributed by atoms with Crippen molar-refractivity contribution in [3.05, 3.63) is 29.3 Å². The van der Waals surface area contributed by atoms with Crippen LogP contribution in [-0.2, 0) is 10.8 Å². The predicted octanol–water partition coefficient (Wildman–Crippen LogP) is 3.66. The number of aliphatic hydroxyl groups excluding tert-OH is 1. The van der Waals surface area contributed by atoms with Gasteiger partial charge in [-0.2, -0.15) is 0 Å². The number of aliphatic hydroxyl groups is 1. The fourth-order valence-corrected chi connectivity index (χ4v) is 1.83. The van der Waals surface area contributed by atoms with Crippen LogP contribution >= 0.6 is 0 Å². The van der Waals surface area contributed by atoms with Crippen LogP contribution in [0.5, 0.6) is 5.75 Å². The Morgan fingerprint density at radius 2 is 1.36 bits per heavy atom. The Bertz CT molecular complexity index is 588. The van der Waals surface area contributed by atoms with E-state index in [1.54, 1.807) is 0 Å². The second-order valence-electron chi connectivity index (χ2n) is 7.30. The smallest absolute Gasteiger partial charge is 0.150 e. The molecule has 0 saturated carbocycles. The van der Waals surface area contributed by atoms with Gasteiger partial charge in [-0.05, 0) is 51.9 Å². The zero-order valence-corrected chi connectivity index (χ0v) is 14.5. The molecule has 0 spiro atoms. The molecule has 0 atom stereocenters. The molecule has 22 heavy (non-hydrogen) atoms. The van der Waals surface area contributed by atoms with Crippen molar-refractivity contribution in [1.29, 1.82) is 0 Å². The molecule has 118 valence electrons. The van der Waals surface area contributed by atoms with Crippen LogP contribution in [0.4, 0.5) is 0 Å². The van der Waals surface area contributed by atoms with E-state index >= 15 is 0 Å². The third-order valence-corrected chi connectivity index (χ3v) is 3.27. The van der Waals surface area contributed by atoms with Crippen LogP contribution in [0.15, 0.2) is 18.2 Å². The normalized spacial score (nSPS) is 11.0. The second kappa shape index (κ2) is 7.39. The molecule has 1 aromatic rings. The Kier molecular flexibility index (Phi) is 6.10. The van der Waals surface area contributed by atoms with E-state index in [1.165, 1.54) is 11.1 Å². The molecule has 0 fully saturated rings. The summed E-state index contributed by atoms with van der Waals surface area (Å²) >= 11 is 0. The van der Waals surface area contributed by atoms with E-state index in [0.29, 0.717) is 0 Å². The largest absolute Gasteiger partial charge is 0.481 e. The lowest BCUT2D eigenvalue weighted by atomic mass is 9.80. The molecular formula is C20H26O2. The second-order valence-corrected chi connectivity index (χ2v) is 7.30. The van der Waals surface area contributed by atoms with Gasteiger partial charge in [-0.25, -0.2) is 0 Å². The van der Waals surface area contributed by atoms with Gasteiger partial charge in [0.15, 0.2) is 0 Å². The summed E-state index contributed by atoms with van der Waals surface area (Å²) in [5.41, 5.74) is 2.64. The van der Waals surface area contributed by atoms with Crippen molar-refractivity contribution >= 4 is 0 Å². The van der Waals surface area contributed by atoms with Gasteiger partial charge in [0.05, 0.1) is 0 Å². The van der Waals surface area contributed by atoms with E-state index < -0.39 is 0 Å². The first-order valence-corrected chi connectivity index (χ1v) is 7.50. The minimum absolute atomic E-state index is 0.0671. The van der Waals surface area contributed by atoms with Crippen molar-refractivity contribution in [2.24, 2.45) is 0 Å². The monoisotopic (exact) mass is 298 g/mol. The van der Waals surface area contributed by atoms with E-state index in [1.807, 2.05) is 0 Å². The van der Waals surface area contributed by atoms with E-state index in [4.69, 9.17) is 9.84 Å². The minimum atomic E-state index is -0.169. The third-order valence-electron chi connectivity index (χ3n) is 3.27. The number of ether oxygens (including phenoxy) is 1. The molecule has 1 N–H and O–H groups in total. The van der Waals surface area contributed by atoms with Crippen LogP contribution in [0, 0.1) is 23.7 Å². The Labute approximate surface area is 134 Å². The first-order valence-electron chi connectivity index (χ1n) is 7.50. The Morgan fingerprint density at radius 1 is 0.864 bits per heavy atom. The van der Waals surface area contributed by atoms with Gasteiger partial charge >= 0.3 is 0 Å². The summed E-state index contributed by atoms with van der Waals surface area (Å²) in [5.74, 6) is 11.3. The average Bonchev–Trinajstić information content (AvgIpc) is 2.40. The Morgan fingerprint density at radius 3 is 1.82 bits per heavy atom. The zero-order chi connectivity index (χ0) is 16.8. The molecule has 0 radical (unpaired) electrons. The highest BCUT2D eigenvalue weighted by Crippen LogP contribution is 2.32. The molecule has 1 rings (SSSR count). The molecule has 0 aliphatic heterocycles. The fraction of sp³-hybridized carbons (Fsp3) is 0.500. The highest BCUT2D eigenvalue weighted by Gasteiger charge is 2.20. The molecule has 2 heteroatoms. The molecule has 0 amide bonds. The number of hydrogen-bond donors (Lipinski definition) is 1. The maximum atomic E-state index is 8.54. The number of hydrogen-bond acceptors (Lipinski definition) is 2. The van der Waals surface area contributed by atoms with E-state index in [0.717, 1.165) is 5.75 Å². The molecule has 0 aromatic heterocycles. The van der Waals surface area contributed by atoms with Crippen molar-refractivity contribution in [2.75, 3.05) is 13.2 Å². The van der Waals surface area contributed by atoms with Crippen LogP contribution in [0.3, 0.4) is 0 Å². The number of rotatable bonds is 2. The summed E-state index contributed by atoms with van der Waals surface area (Å²) in [6.07, 6.45) is 0. The third kappa shape index (κ3) is 5.84. The van der Waals surface area contributed by atoms with Gasteiger partial charge in [-0.15, -0.1) is 0 Å². The molecule has 0 bridgehead atoms. The van der Waals surface area contributed by atoms with Crippen LogP contribution in [-0.4, -0.2) is 18.3 Å². The summed E-state index contributed by atoms with van der Waals surface area (Å²) < 4.78 is 5.75. The summed E-state index contributed by atoms with van der Waals surface area (Å²) in [6.45, 7) is 13.3. The van der Waals surface area contributed by atoms with Crippen LogP contribution in [0.1, 0.15) is 52.7 Å².